The summed E-state index contributed by atoms with van der Waals surface area (Å²) in [7, 11) is 0. The van der Waals surface area contributed by atoms with Gasteiger partial charge in [0.25, 0.3) is 0 Å². The first-order valence-electron chi connectivity index (χ1n) is 5.77. The summed E-state index contributed by atoms with van der Waals surface area (Å²) < 4.78 is 0. The smallest absolute Gasteiger partial charge is 0.244 e. The van der Waals surface area contributed by atoms with Crippen molar-refractivity contribution in [3.8, 4) is 5.75 Å². The lowest BCUT2D eigenvalue weighted by Gasteiger charge is -2.17. The summed E-state index contributed by atoms with van der Waals surface area (Å²) in [6, 6.07) is 10.6. The maximum absolute atomic E-state index is 11.6. The van der Waals surface area contributed by atoms with Crippen molar-refractivity contribution in [3.63, 3.8) is 0 Å². The maximum atomic E-state index is 11.6. The van der Waals surface area contributed by atoms with Crippen LogP contribution >= 0.6 is 23.2 Å². The van der Waals surface area contributed by atoms with E-state index in [0.29, 0.717) is 16.3 Å². The molecule has 0 spiro atoms. The van der Waals surface area contributed by atoms with Crippen molar-refractivity contribution < 1.29 is 9.90 Å². The number of phenolic OH excluding ortho intramolecular Hbond substituents is 1. The third-order valence-corrected chi connectivity index (χ3v) is 3.30. The molecule has 2 rings (SSSR count). The van der Waals surface area contributed by atoms with Crippen LogP contribution in [0.25, 0.3) is 0 Å². The lowest BCUT2D eigenvalue weighted by atomic mass is 10.1. The van der Waals surface area contributed by atoms with Gasteiger partial charge in [-0.05, 0) is 42.0 Å². The van der Waals surface area contributed by atoms with Crippen LogP contribution in [0.3, 0.4) is 0 Å². The van der Waals surface area contributed by atoms with Gasteiger partial charge in [0, 0.05) is 10.7 Å². The van der Waals surface area contributed by atoms with Gasteiger partial charge in [-0.1, -0.05) is 29.3 Å². The van der Waals surface area contributed by atoms with Crippen LogP contribution in [0, 0.1) is 0 Å². The van der Waals surface area contributed by atoms with Crippen molar-refractivity contribution in [1.29, 1.82) is 0 Å². The van der Waals surface area contributed by atoms with E-state index in [0.717, 1.165) is 0 Å². The Morgan fingerprint density at radius 2 is 1.80 bits per heavy atom. The number of benzene rings is 2. The summed E-state index contributed by atoms with van der Waals surface area (Å²) in [5.41, 5.74) is 6.66. The number of anilines is 1. The number of primary amides is 1. The summed E-state index contributed by atoms with van der Waals surface area (Å²) in [6.45, 7) is 0. The Morgan fingerprint density at radius 3 is 2.35 bits per heavy atom. The van der Waals surface area contributed by atoms with Crippen LogP contribution in [0.4, 0.5) is 5.69 Å². The molecule has 0 bridgehead atoms. The molecule has 20 heavy (non-hydrogen) atoms. The molecule has 0 aliphatic carbocycles. The lowest BCUT2D eigenvalue weighted by Crippen LogP contribution is -2.27. The molecule has 0 saturated heterocycles. The standard InChI is InChI=1S/C14H12Cl2N2O2/c15-9-2-4-10(5-3-9)18-13(14(17)20)8-1-6-12(19)11(16)7-8/h1-7,13,18-19H,(H2,17,20). The number of amides is 1. The highest BCUT2D eigenvalue weighted by Crippen LogP contribution is 2.28. The minimum absolute atomic E-state index is 0.0508. The fourth-order valence-corrected chi connectivity index (χ4v) is 2.05. The van der Waals surface area contributed by atoms with Gasteiger partial charge in [-0.15, -0.1) is 0 Å². The Balaban J connectivity index is 2.29. The highest BCUT2D eigenvalue weighted by Gasteiger charge is 2.18. The van der Waals surface area contributed by atoms with Crippen LogP contribution < -0.4 is 11.1 Å². The number of carbonyl (C=O) groups excluding carboxylic acids is 1. The van der Waals surface area contributed by atoms with Crippen LogP contribution in [0.5, 0.6) is 5.75 Å². The number of hydrogen-bond donors (Lipinski definition) is 3. The molecular weight excluding hydrogens is 299 g/mol. The van der Waals surface area contributed by atoms with E-state index in [4.69, 9.17) is 28.9 Å². The number of halogens is 2. The average Bonchev–Trinajstić information content (AvgIpc) is 2.41. The molecular formula is C14H12Cl2N2O2. The molecule has 4 nitrogen and oxygen atoms in total. The molecule has 6 heteroatoms. The van der Waals surface area contributed by atoms with Gasteiger partial charge in [0.1, 0.15) is 11.8 Å². The van der Waals surface area contributed by atoms with Crippen LogP contribution in [-0.2, 0) is 4.79 Å². The normalized spacial score (nSPS) is 11.9. The number of nitrogens with one attached hydrogen (secondary N) is 1. The monoisotopic (exact) mass is 310 g/mol. The van der Waals surface area contributed by atoms with Gasteiger partial charge >= 0.3 is 0 Å². The summed E-state index contributed by atoms with van der Waals surface area (Å²) in [5.74, 6) is -0.605. The molecule has 0 heterocycles. The minimum atomic E-state index is -0.755. The van der Waals surface area contributed by atoms with Gasteiger partial charge in [0.15, 0.2) is 0 Å². The second kappa shape index (κ2) is 6.03. The first-order valence-corrected chi connectivity index (χ1v) is 6.53. The van der Waals surface area contributed by atoms with E-state index >= 15 is 0 Å². The van der Waals surface area contributed by atoms with Gasteiger partial charge in [0.2, 0.25) is 5.91 Å². The van der Waals surface area contributed by atoms with Crippen molar-refractivity contribution in [1.82, 2.24) is 0 Å². The predicted octanol–water partition coefficient (Wildman–Crippen LogP) is 3.34. The number of aromatic hydroxyl groups is 1. The molecule has 1 amide bonds. The first-order chi connectivity index (χ1) is 9.47. The highest BCUT2D eigenvalue weighted by atomic mass is 35.5. The van der Waals surface area contributed by atoms with Crippen LogP contribution in [0.1, 0.15) is 11.6 Å². The van der Waals surface area contributed by atoms with Crippen molar-refractivity contribution in [2.75, 3.05) is 5.32 Å². The van der Waals surface area contributed by atoms with E-state index in [9.17, 15) is 9.90 Å². The average molecular weight is 311 g/mol. The van der Waals surface area contributed by atoms with Crippen LogP contribution in [0.15, 0.2) is 42.5 Å². The number of rotatable bonds is 4. The molecule has 1 atom stereocenters. The van der Waals surface area contributed by atoms with Gasteiger partial charge < -0.3 is 16.2 Å². The van der Waals surface area contributed by atoms with Crippen molar-refractivity contribution >= 4 is 34.8 Å². The molecule has 0 aliphatic heterocycles. The summed E-state index contributed by atoms with van der Waals surface area (Å²) in [5, 5.41) is 13.2. The zero-order chi connectivity index (χ0) is 14.7. The summed E-state index contributed by atoms with van der Waals surface area (Å²) in [4.78, 5) is 11.6. The molecule has 1 unspecified atom stereocenters. The zero-order valence-corrected chi connectivity index (χ0v) is 11.8. The number of hydrogen-bond acceptors (Lipinski definition) is 3. The minimum Gasteiger partial charge on any atom is -0.506 e. The van der Waals surface area contributed by atoms with E-state index in [2.05, 4.69) is 5.32 Å². The van der Waals surface area contributed by atoms with E-state index in [1.807, 2.05) is 0 Å². The van der Waals surface area contributed by atoms with E-state index in [1.54, 1.807) is 30.3 Å². The van der Waals surface area contributed by atoms with Gasteiger partial charge in [-0.3, -0.25) is 4.79 Å². The van der Waals surface area contributed by atoms with Crippen molar-refractivity contribution in [2.45, 2.75) is 6.04 Å². The molecule has 2 aromatic rings. The highest BCUT2D eigenvalue weighted by molar-refractivity contribution is 6.32. The number of carbonyl (C=O) groups is 1. The number of phenols is 1. The van der Waals surface area contributed by atoms with Gasteiger partial charge in [0.05, 0.1) is 5.02 Å². The maximum Gasteiger partial charge on any atom is 0.244 e. The number of nitrogens with two attached hydrogens (primary N) is 1. The predicted molar refractivity (Wildman–Crippen MR) is 80.1 cm³/mol. The molecule has 0 aliphatic rings. The Bertz CT molecular complexity index is 630. The van der Waals surface area contributed by atoms with E-state index in [1.165, 1.54) is 12.1 Å². The van der Waals surface area contributed by atoms with E-state index in [-0.39, 0.29) is 10.8 Å². The first kappa shape index (κ1) is 14.5. The fraction of sp³-hybridized carbons (Fsp3) is 0.0714. The second-order valence-electron chi connectivity index (χ2n) is 4.20. The Labute approximate surface area is 126 Å². The fourth-order valence-electron chi connectivity index (χ4n) is 1.73. The van der Waals surface area contributed by atoms with E-state index < -0.39 is 11.9 Å². The quantitative estimate of drug-likeness (QED) is 0.810. The Kier molecular flexibility index (Phi) is 4.37. The molecule has 2 aromatic carbocycles. The Morgan fingerprint density at radius 1 is 1.15 bits per heavy atom. The van der Waals surface area contributed by atoms with Crippen molar-refractivity contribution in [3.05, 3.63) is 58.1 Å². The largest absolute Gasteiger partial charge is 0.506 e. The lowest BCUT2D eigenvalue weighted by molar-refractivity contribution is -0.118. The van der Waals surface area contributed by atoms with Crippen molar-refractivity contribution in [2.24, 2.45) is 5.73 Å². The third kappa shape index (κ3) is 3.35. The Hall–Kier alpha value is -1.91. The van der Waals surface area contributed by atoms with Gasteiger partial charge in [-0.2, -0.15) is 0 Å². The molecule has 4 N–H and O–H groups in total. The molecule has 0 aromatic heterocycles. The van der Waals surface area contributed by atoms with Crippen LogP contribution in [-0.4, -0.2) is 11.0 Å². The second-order valence-corrected chi connectivity index (χ2v) is 5.04. The summed E-state index contributed by atoms with van der Waals surface area (Å²) in [6.07, 6.45) is 0. The zero-order valence-electron chi connectivity index (χ0n) is 10.3. The topological polar surface area (TPSA) is 75.4 Å². The third-order valence-electron chi connectivity index (χ3n) is 2.74. The molecule has 0 radical (unpaired) electrons. The SMILES string of the molecule is NC(=O)C(Nc1ccc(Cl)cc1)c1ccc(O)c(Cl)c1. The molecule has 0 saturated carbocycles. The van der Waals surface area contributed by atoms with Crippen LogP contribution in [0.2, 0.25) is 10.0 Å². The summed E-state index contributed by atoms with van der Waals surface area (Å²) >= 11 is 11.6. The molecule has 104 valence electrons. The molecule has 0 fully saturated rings. The van der Waals surface area contributed by atoms with Gasteiger partial charge in [-0.25, -0.2) is 0 Å².